The fourth-order valence-electron chi connectivity index (χ4n) is 1.88. The molecule has 1 aromatic carbocycles. The Morgan fingerprint density at radius 1 is 1.29 bits per heavy atom. The van der Waals surface area contributed by atoms with Crippen LogP contribution in [0.3, 0.4) is 0 Å². The van der Waals surface area contributed by atoms with E-state index < -0.39 is 0 Å². The molecule has 0 radical (unpaired) electrons. The lowest BCUT2D eigenvalue weighted by molar-refractivity contribution is 0.628. The highest BCUT2D eigenvalue weighted by Crippen LogP contribution is 2.22. The monoisotopic (exact) mass is 233 g/mol. The minimum atomic E-state index is -0.223. The molecule has 0 amide bonds. The van der Waals surface area contributed by atoms with Gasteiger partial charge in [-0.2, -0.15) is 0 Å². The molecule has 2 aromatic rings. The Bertz CT molecular complexity index is 488. The van der Waals surface area contributed by atoms with Crippen molar-refractivity contribution in [3.8, 4) is 11.3 Å². The smallest absolute Gasteiger partial charge is 0.123 e. The summed E-state index contributed by atoms with van der Waals surface area (Å²) in [5, 5.41) is 3.13. The summed E-state index contributed by atoms with van der Waals surface area (Å²) in [4.78, 5) is 4.41. The molecular formula is C13H16FN3. The van der Waals surface area contributed by atoms with Crippen LogP contribution in [0.15, 0.2) is 30.6 Å². The Hall–Kier alpha value is -1.68. The second kappa shape index (κ2) is 5.10. The van der Waals surface area contributed by atoms with Gasteiger partial charge in [0.25, 0.3) is 0 Å². The molecule has 17 heavy (non-hydrogen) atoms. The standard InChI is InChI=1S/C13H16FN3/c1-3-17-9-16-13(12(17)8-15-2)10-4-6-11(14)7-5-10/h4-7,9,15H,3,8H2,1-2H3. The molecule has 0 atom stereocenters. The third-order valence-electron chi connectivity index (χ3n) is 2.75. The van der Waals surface area contributed by atoms with Gasteiger partial charge in [-0.05, 0) is 38.2 Å². The van der Waals surface area contributed by atoms with Gasteiger partial charge < -0.3 is 9.88 Å². The molecule has 4 heteroatoms. The topological polar surface area (TPSA) is 29.9 Å². The number of hydrogen-bond donors (Lipinski definition) is 1. The molecule has 1 heterocycles. The van der Waals surface area contributed by atoms with E-state index in [1.54, 1.807) is 12.1 Å². The fourth-order valence-corrected chi connectivity index (χ4v) is 1.88. The van der Waals surface area contributed by atoms with Crippen molar-refractivity contribution in [2.75, 3.05) is 7.05 Å². The van der Waals surface area contributed by atoms with Crippen LogP contribution in [-0.4, -0.2) is 16.6 Å². The number of benzene rings is 1. The SMILES string of the molecule is CCn1cnc(-c2ccc(F)cc2)c1CNC. The van der Waals surface area contributed by atoms with Gasteiger partial charge in [-0.15, -0.1) is 0 Å². The van der Waals surface area contributed by atoms with Crippen LogP contribution < -0.4 is 5.32 Å². The van der Waals surface area contributed by atoms with E-state index >= 15 is 0 Å². The largest absolute Gasteiger partial charge is 0.333 e. The molecule has 90 valence electrons. The highest BCUT2D eigenvalue weighted by atomic mass is 19.1. The van der Waals surface area contributed by atoms with Crippen LogP contribution in [0.25, 0.3) is 11.3 Å². The zero-order valence-electron chi connectivity index (χ0n) is 10.1. The van der Waals surface area contributed by atoms with Crippen LogP contribution in [0.5, 0.6) is 0 Å². The lowest BCUT2D eigenvalue weighted by Gasteiger charge is -2.07. The number of rotatable bonds is 4. The van der Waals surface area contributed by atoms with Gasteiger partial charge in [0.15, 0.2) is 0 Å². The van der Waals surface area contributed by atoms with Crippen molar-refractivity contribution in [3.63, 3.8) is 0 Å². The van der Waals surface area contributed by atoms with Gasteiger partial charge in [-0.25, -0.2) is 9.37 Å². The fraction of sp³-hybridized carbons (Fsp3) is 0.308. The number of nitrogens with one attached hydrogen (secondary N) is 1. The first-order valence-corrected chi connectivity index (χ1v) is 5.70. The second-order valence-corrected chi connectivity index (χ2v) is 3.86. The molecule has 0 unspecified atom stereocenters. The van der Waals surface area contributed by atoms with Crippen molar-refractivity contribution < 1.29 is 4.39 Å². The first-order chi connectivity index (χ1) is 8.26. The Labute approximate surface area is 100 Å². The predicted octanol–water partition coefficient (Wildman–Crippen LogP) is 2.43. The molecule has 1 aromatic heterocycles. The van der Waals surface area contributed by atoms with E-state index in [0.29, 0.717) is 0 Å². The highest BCUT2D eigenvalue weighted by Gasteiger charge is 2.11. The van der Waals surface area contributed by atoms with E-state index in [0.717, 1.165) is 30.0 Å². The second-order valence-electron chi connectivity index (χ2n) is 3.86. The first-order valence-electron chi connectivity index (χ1n) is 5.70. The molecule has 0 aliphatic carbocycles. The number of aromatic nitrogens is 2. The lowest BCUT2D eigenvalue weighted by atomic mass is 10.1. The van der Waals surface area contributed by atoms with Crippen LogP contribution in [0.4, 0.5) is 4.39 Å². The van der Waals surface area contributed by atoms with Crippen LogP contribution in [0.2, 0.25) is 0 Å². The summed E-state index contributed by atoms with van der Waals surface area (Å²) in [6.07, 6.45) is 1.82. The van der Waals surface area contributed by atoms with Gasteiger partial charge in [-0.3, -0.25) is 0 Å². The van der Waals surface area contributed by atoms with Crippen LogP contribution in [0.1, 0.15) is 12.6 Å². The zero-order chi connectivity index (χ0) is 12.3. The minimum Gasteiger partial charge on any atom is -0.333 e. The highest BCUT2D eigenvalue weighted by molar-refractivity contribution is 5.61. The quantitative estimate of drug-likeness (QED) is 0.879. The first kappa shape index (κ1) is 11.8. The average Bonchev–Trinajstić information content (AvgIpc) is 2.74. The molecule has 0 aliphatic heterocycles. The molecule has 1 N–H and O–H groups in total. The molecule has 2 rings (SSSR count). The van der Waals surface area contributed by atoms with Gasteiger partial charge in [0.2, 0.25) is 0 Å². The maximum absolute atomic E-state index is 12.9. The van der Waals surface area contributed by atoms with Gasteiger partial charge in [0, 0.05) is 18.7 Å². The summed E-state index contributed by atoms with van der Waals surface area (Å²) in [6.45, 7) is 3.71. The molecular weight excluding hydrogens is 217 g/mol. The molecule has 0 saturated heterocycles. The van der Waals surface area contributed by atoms with E-state index in [1.165, 1.54) is 12.1 Å². The average molecular weight is 233 g/mol. The summed E-state index contributed by atoms with van der Waals surface area (Å²) >= 11 is 0. The van der Waals surface area contributed by atoms with E-state index in [1.807, 2.05) is 13.4 Å². The van der Waals surface area contributed by atoms with Gasteiger partial charge in [0.05, 0.1) is 17.7 Å². The van der Waals surface area contributed by atoms with Gasteiger partial charge >= 0.3 is 0 Å². The van der Waals surface area contributed by atoms with E-state index in [4.69, 9.17) is 0 Å². The van der Waals surface area contributed by atoms with Crippen molar-refractivity contribution >= 4 is 0 Å². The Morgan fingerprint density at radius 2 is 2.00 bits per heavy atom. The molecule has 0 saturated carbocycles. The Kier molecular flexibility index (Phi) is 3.54. The number of hydrogen-bond acceptors (Lipinski definition) is 2. The van der Waals surface area contributed by atoms with E-state index in [-0.39, 0.29) is 5.82 Å². The van der Waals surface area contributed by atoms with Crippen LogP contribution in [-0.2, 0) is 13.1 Å². The number of imidazole rings is 1. The summed E-state index contributed by atoms with van der Waals surface area (Å²) < 4.78 is 15.0. The van der Waals surface area contributed by atoms with Crippen LogP contribution >= 0.6 is 0 Å². The van der Waals surface area contributed by atoms with Crippen molar-refractivity contribution in [1.29, 1.82) is 0 Å². The summed E-state index contributed by atoms with van der Waals surface area (Å²) in [5.74, 6) is -0.223. The van der Waals surface area contributed by atoms with Gasteiger partial charge in [-0.1, -0.05) is 0 Å². The maximum Gasteiger partial charge on any atom is 0.123 e. The minimum absolute atomic E-state index is 0.223. The van der Waals surface area contributed by atoms with Crippen LogP contribution in [0, 0.1) is 5.82 Å². The van der Waals surface area contributed by atoms with E-state index in [9.17, 15) is 4.39 Å². The van der Waals surface area contributed by atoms with Crippen molar-refractivity contribution in [1.82, 2.24) is 14.9 Å². The third kappa shape index (κ3) is 2.36. The molecule has 3 nitrogen and oxygen atoms in total. The number of nitrogens with zero attached hydrogens (tertiary/aromatic N) is 2. The van der Waals surface area contributed by atoms with Crippen molar-refractivity contribution in [2.24, 2.45) is 0 Å². The summed E-state index contributed by atoms with van der Waals surface area (Å²) in [7, 11) is 1.90. The molecule has 0 bridgehead atoms. The summed E-state index contributed by atoms with van der Waals surface area (Å²) in [5.41, 5.74) is 2.99. The zero-order valence-corrected chi connectivity index (χ0v) is 10.1. The number of aryl methyl sites for hydroxylation is 1. The van der Waals surface area contributed by atoms with Crippen molar-refractivity contribution in [3.05, 3.63) is 42.1 Å². The predicted molar refractivity (Wildman–Crippen MR) is 66.1 cm³/mol. The Morgan fingerprint density at radius 3 is 2.59 bits per heavy atom. The maximum atomic E-state index is 12.9. The molecule has 0 aliphatic rings. The van der Waals surface area contributed by atoms with E-state index in [2.05, 4.69) is 21.8 Å². The van der Waals surface area contributed by atoms with Gasteiger partial charge in [0.1, 0.15) is 5.82 Å². The Balaban J connectivity index is 2.43. The summed E-state index contributed by atoms with van der Waals surface area (Å²) in [6, 6.07) is 6.44. The molecule has 0 fully saturated rings. The van der Waals surface area contributed by atoms with Crippen molar-refractivity contribution in [2.45, 2.75) is 20.0 Å². The number of halogens is 1. The lowest BCUT2D eigenvalue weighted by Crippen LogP contribution is -2.11. The molecule has 0 spiro atoms. The normalized spacial score (nSPS) is 10.8. The third-order valence-corrected chi connectivity index (χ3v) is 2.75.